The zero-order valence-corrected chi connectivity index (χ0v) is 17.8. The maximum absolute atomic E-state index is 12.9. The number of hydrogen-bond acceptors (Lipinski definition) is 4. The number of piperazine rings is 1. The number of hydrogen-bond donors (Lipinski definition) is 0. The molecule has 2 aromatic carbocycles. The molecule has 0 bridgehead atoms. The minimum absolute atomic E-state index is 0.120. The van der Waals surface area contributed by atoms with Gasteiger partial charge in [0.25, 0.3) is 5.91 Å². The molecule has 29 heavy (non-hydrogen) atoms. The molecule has 0 radical (unpaired) electrons. The Hall–Kier alpha value is -2.24. The van der Waals surface area contributed by atoms with Gasteiger partial charge in [-0.05, 0) is 43.7 Å². The molecule has 0 aliphatic carbocycles. The van der Waals surface area contributed by atoms with E-state index < -0.39 is 0 Å². The van der Waals surface area contributed by atoms with Crippen LogP contribution in [0.15, 0.2) is 30.3 Å². The number of halogens is 1. The van der Waals surface area contributed by atoms with Crippen LogP contribution in [0.5, 0.6) is 11.5 Å². The lowest BCUT2D eigenvalue weighted by Crippen LogP contribution is -2.48. The highest BCUT2D eigenvalue weighted by atomic mass is 35.5. The van der Waals surface area contributed by atoms with E-state index in [0.717, 1.165) is 67.1 Å². The first-order chi connectivity index (χ1) is 14.0. The maximum atomic E-state index is 12.9. The standard InChI is InChI=1S/C23H27ClN2O3/c1-16-10-17(2)12-19(11-16)23(27)26-6-4-25(5-7-26)15-18-13-20(24)22-21(14-18)28-8-3-9-29-22/h10-14H,3-9,15H2,1-2H3. The third kappa shape index (κ3) is 4.68. The normalized spacial score (nSPS) is 17.1. The molecule has 0 spiro atoms. The quantitative estimate of drug-likeness (QED) is 0.759. The summed E-state index contributed by atoms with van der Waals surface area (Å²) in [6.45, 7) is 9.24. The van der Waals surface area contributed by atoms with Gasteiger partial charge >= 0.3 is 0 Å². The van der Waals surface area contributed by atoms with E-state index in [-0.39, 0.29) is 5.91 Å². The second kappa shape index (κ2) is 8.64. The molecule has 2 aliphatic rings. The summed E-state index contributed by atoms with van der Waals surface area (Å²) in [4.78, 5) is 17.2. The van der Waals surface area contributed by atoms with Crippen molar-refractivity contribution in [1.82, 2.24) is 9.80 Å². The molecule has 2 aromatic rings. The number of amides is 1. The van der Waals surface area contributed by atoms with Gasteiger partial charge in [0, 0.05) is 44.7 Å². The summed E-state index contributed by atoms with van der Waals surface area (Å²) in [7, 11) is 0. The van der Waals surface area contributed by atoms with Crippen LogP contribution >= 0.6 is 11.6 Å². The topological polar surface area (TPSA) is 42.0 Å². The van der Waals surface area contributed by atoms with Crippen molar-refractivity contribution in [1.29, 1.82) is 0 Å². The second-order valence-electron chi connectivity index (χ2n) is 7.90. The highest BCUT2D eigenvalue weighted by Gasteiger charge is 2.23. The Bertz CT molecular complexity index is 887. The summed E-state index contributed by atoms with van der Waals surface area (Å²) < 4.78 is 11.5. The van der Waals surface area contributed by atoms with Gasteiger partial charge in [-0.2, -0.15) is 0 Å². The number of benzene rings is 2. The fourth-order valence-electron chi connectivity index (χ4n) is 4.02. The third-order valence-electron chi connectivity index (χ3n) is 5.40. The van der Waals surface area contributed by atoms with Crippen molar-refractivity contribution in [3.05, 3.63) is 57.6 Å². The average Bonchev–Trinajstić information content (AvgIpc) is 2.93. The van der Waals surface area contributed by atoms with Gasteiger partial charge in [-0.15, -0.1) is 0 Å². The first kappa shape index (κ1) is 20.0. The fourth-order valence-corrected chi connectivity index (χ4v) is 4.31. The van der Waals surface area contributed by atoms with E-state index in [1.807, 2.05) is 43.0 Å². The molecule has 0 unspecified atom stereocenters. The van der Waals surface area contributed by atoms with E-state index in [2.05, 4.69) is 11.0 Å². The van der Waals surface area contributed by atoms with Gasteiger partial charge in [0.05, 0.1) is 18.2 Å². The van der Waals surface area contributed by atoms with Crippen LogP contribution in [0, 0.1) is 13.8 Å². The summed E-state index contributed by atoms with van der Waals surface area (Å²) in [5.41, 5.74) is 4.13. The van der Waals surface area contributed by atoms with Crippen LogP contribution in [-0.2, 0) is 6.54 Å². The SMILES string of the molecule is Cc1cc(C)cc(C(=O)N2CCN(Cc3cc(Cl)c4c(c3)OCCCO4)CC2)c1. The number of nitrogens with zero attached hydrogens (tertiary/aromatic N) is 2. The molecule has 4 rings (SSSR count). The number of ether oxygens (including phenoxy) is 2. The summed E-state index contributed by atoms with van der Waals surface area (Å²) in [5, 5.41) is 0.600. The van der Waals surface area contributed by atoms with Crippen molar-refractivity contribution in [2.24, 2.45) is 0 Å². The Morgan fingerprint density at radius 3 is 2.38 bits per heavy atom. The van der Waals surface area contributed by atoms with Crippen LogP contribution in [0.25, 0.3) is 0 Å². The third-order valence-corrected chi connectivity index (χ3v) is 5.68. The molecule has 154 valence electrons. The van der Waals surface area contributed by atoms with Crippen LogP contribution in [0.2, 0.25) is 5.02 Å². The minimum atomic E-state index is 0.120. The van der Waals surface area contributed by atoms with E-state index in [4.69, 9.17) is 21.1 Å². The largest absolute Gasteiger partial charge is 0.489 e. The van der Waals surface area contributed by atoms with Crippen LogP contribution < -0.4 is 9.47 Å². The van der Waals surface area contributed by atoms with Gasteiger partial charge in [-0.25, -0.2) is 0 Å². The molecule has 0 saturated carbocycles. The Morgan fingerprint density at radius 1 is 0.966 bits per heavy atom. The van der Waals surface area contributed by atoms with Gasteiger partial charge in [0.2, 0.25) is 0 Å². The summed E-state index contributed by atoms with van der Waals surface area (Å²) in [5.74, 6) is 1.50. The smallest absolute Gasteiger partial charge is 0.253 e. The Balaban J connectivity index is 1.38. The van der Waals surface area contributed by atoms with E-state index in [0.29, 0.717) is 24.0 Å². The van der Waals surface area contributed by atoms with Gasteiger partial charge in [0.15, 0.2) is 11.5 Å². The summed E-state index contributed by atoms with van der Waals surface area (Å²) in [6, 6.07) is 10.0. The molecule has 6 heteroatoms. The van der Waals surface area contributed by atoms with Crippen molar-refractivity contribution < 1.29 is 14.3 Å². The highest BCUT2D eigenvalue weighted by molar-refractivity contribution is 6.32. The van der Waals surface area contributed by atoms with Crippen molar-refractivity contribution >= 4 is 17.5 Å². The molecule has 0 N–H and O–H groups in total. The predicted octanol–water partition coefficient (Wildman–Crippen LogP) is 4.08. The minimum Gasteiger partial charge on any atom is -0.489 e. The molecule has 1 amide bonds. The number of fused-ring (bicyclic) bond motifs is 1. The van der Waals surface area contributed by atoms with E-state index in [1.54, 1.807) is 0 Å². The van der Waals surface area contributed by atoms with E-state index >= 15 is 0 Å². The first-order valence-electron chi connectivity index (χ1n) is 10.2. The molecular weight excluding hydrogens is 388 g/mol. The Labute approximate surface area is 177 Å². The zero-order chi connectivity index (χ0) is 20.4. The average molecular weight is 415 g/mol. The lowest BCUT2D eigenvalue weighted by atomic mass is 10.1. The Morgan fingerprint density at radius 2 is 1.66 bits per heavy atom. The Kier molecular flexibility index (Phi) is 5.97. The lowest BCUT2D eigenvalue weighted by Gasteiger charge is -2.35. The molecule has 2 aliphatic heterocycles. The maximum Gasteiger partial charge on any atom is 0.253 e. The van der Waals surface area contributed by atoms with Crippen LogP contribution in [-0.4, -0.2) is 55.1 Å². The van der Waals surface area contributed by atoms with Crippen molar-refractivity contribution in [2.75, 3.05) is 39.4 Å². The predicted molar refractivity (Wildman–Crippen MR) is 114 cm³/mol. The van der Waals surface area contributed by atoms with Gasteiger partial charge < -0.3 is 14.4 Å². The lowest BCUT2D eigenvalue weighted by molar-refractivity contribution is 0.0628. The summed E-state index contributed by atoms with van der Waals surface area (Å²) in [6.07, 6.45) is 0.858. The van der Waals surface area contributed by atoms with Crippen molar-refractivity contribution in [3.63, 3.8) is 0 Å². The van der Waals surface area contributed by atoms with E-state index in [1.165, 1.54) is 0 Å². The number of carbonyl (C=O) groups is 1. The monoisotopic (exact) mass is 414 g/mol. The first-order valence-corrected chi connectivity index (χ1v) is 10.6. The fraction of sp³-hybridized carbons (Fsp3) is 0.435. The second-order valence-corrected chi connectivity index (χ2v) is 8.31. The molecule has 1 fully saturated rings. The molecule has 0 atom stereocenters. The molecule has 0 aromatic heterocycles. The highest BCUT2D eigenvalue weighted by Crippen LogP contribution is 2.38. The van der Waals surface area contributed by atoms with Crippen molar-refractivity contribution in [2.45, 2.75) is 26.8 Å². The van der Waals surface area contributed by atoms with E-state index in [9.17, 15) is 4.79 Å². The number of aryl methyl sites for hydroxylation is 2. The van der Waals surface area contributed by atoms with Gasteiger partial charge in [-0.1, -0.05) is 28.8 Å². The van der Waals surface area contributed by atoms with Crippen molar-refractivity contribution in [3.8, 4) is 11.5 Å². The van der Waals surface area contributed by atoms with Crippen LogP contribution in [0.4, 0.5) is 0 Å². The molecule has 5 nitrogen and oxygen atoms in total. The van der Waals surface area contributed by atoms with Crippen LogP contribution in [0.3, 0.4) is 0 Å². The van der Waals surface area contributed by atoms with Gasteiger partial charge in [-0.3, -0.25) is 9.69 Å². The summed E-state index contributed by atoms with van der Waals surface area (Å²) >= 11 is 6.42. The number of carbonyl (C=O) groups excluding carboxylic acids is 1. The molecule has 2 heterocycles. The zero-order valence-electron chi connectivity index (χ0n) is 17.0. The van der Waals surface area contributed by atoms with Gasteiger partial charge in [0.1, 0.15) is 0 Å². The molecular formula is C23H27ClN2O3. The molecule has 1 saturated heterocycles. The van der Waals surface area contributed by atoms with Crippen LogP contribution in [0.1, 0.15) is 33.5 Å². The number of rotatable bonds is 3.